The first-order valence-electron chi connectivity index (χ1n) is 5.27. The zero-order valence-corrected chi connectivity index (χ0v) is 8.68. The number of nitrogens with zero attached hydrogens (tertiary/aromatic N) is 1. The Balaban J connectivity index is 1.75. The maximum absolute atomic E-state index is 5.81. The number of hydrogen-bond acceptors (Lipinski definition) is 3. The van der Waals surface area contributed by atoms with E-state index in [0.29, 0.717) is 0 Å². The molecule has 2 aliphatic heterocycles. The molecule has 3 nitrogen and oxygen atoms in total. The van der Waals surface area contributed by atoms with E-state index < -0.39 is 0 Å². The topological polar surface area (TPSA) is 24.5 Å². The van der Waals surface area contributed by atoms with Gasteiger partial charge in [0.05, 0.1) is 6.61 Å². The highest BCUT2D eigenvalue weighted by atomic mass is 16.5. The van der Waals surface area contributed by atoms with E-state index in [-0.39, 0.29) is 5.60 Å². The third-order valence-corrected chi connectivity index (χ3v) is 2.78. The van der Waals surface area contributed by atoms with Crippen molar-refractivity contribution in [2.45, 2.75) is 19.4 Å². The summed E-state index contributed by atoms with van der Waals surface area (Å²) in [5.41, 5.74) is 0.174. The first-order chi connectivity index (χ1) is 6.20. The standard InChI is InChI=1S/C10H20N2O/c1-9(2)5-12-7-10(8-12)6-11-3-4-13-10/h9,11H,3-8H2,1-2H3. The van der Waals surface area contributed by atoms with Crippen LogP contribution in [0.25, 0.3) is 0 Å². The van der Waals surface area contributed by atoms with E-state index in [9.17, 15) is 0 Å². The Hall–Kier alpha value is -0.120. The minimum absolute atomic E-state index is 0.174. The molecule has 1 spiro atoms. The van der Waals surface area contributed by atoms with Gasteiger partial charge in [-0.1, -0.05) is 13.8 Å². The van der Waals surface area contributed by atoms with Crippen molar-refractivity contribution in [3.63, 3.8) is 0 Å². The normalized spacial score (nSPS) is 27.9. The Morgan fingerprint density at radius 1 is 1.46 bits per heavy atom. The van der Waals surface area contributed by atoms with E-state index in [4.69, 9.17) is 4.74 Å². The molecule has 2 aliphatic rings. The monoisotopic (exact) mass is 184 g/mol. The fraction of sp³-hybridized carbons (Fsp3) is 1.00. The minimum Gasteiger partial charge on any atom is -0.370 e. The van der Waals surface area contributed by atoms with Crippen LogP contribution in [0, 0.1) is 5.92 Å². The molecule has 0 unspecified atom stereocenters. The second kappa shape index (κ2) is 3.56. The number of likely N-dealkylation sites (tertiary alicyclic amines) is 1. The van der Waals surface area contributed by atoms with E-state index in [1.165, 1.54) is 6.54 Å². The number of hydrogen-bond donors (Lipinski definition) is 1. The summed E-state index contributed by atoms with van der Waals surface area (Å²) in [6.07, 6.45) is 0. The summed E-state index contributed by atoms with van der Waals surface area (Å²) in [6, 6.07) is 0. The number of ether oxygens (including phenoxy) is 1. The molecule has 0 bridgehead atoms. The molecule has 2 rings (SSSR count). The zero-order chi connectivity index (χ0) is 9.31. The molecule has 0 aromatic heterocycles. The zero-order valence-electron chi connectivity index (χ0n) is 8.68. The Morgan fingerprint density at radius 2 is 2.23 bits per heavy atom. The van der Waals surface area contributed by atoms with Gasteiger partial charge in [0.1, 0.15) is 5.60 Å². The van der Waals surface area contributed by atoms with Gasteiger partial charge in [0, 0.05) is 32.7 Å². The second-order valence-corrected chi connectivity index (χ2v) is 4.77. The molecule has 76 valence electrons. The largest absolute Gasteiger partial charge is 0.370 e. The smallest absolute Gasteiger partial charge is 0.106 e. The van der Waals surface area contributed by atoms with E-state index in [2.05, 4.69) is 24.1 Å². The number of rotatable bonds is 2. The minimum atomic E-state index is 0.174. The van der Waals surface area contributed by atoms with E-state index in [1.807, 2.05) is 0 Å². The summed E-state index contributed by atoms with van der Waals surface area (Å²) in [4.78, 5) is 2.48. The van der Waals surface area contributed by atoms with E-state index in [0.717, 1.165) is 38.7 Å². The predicted octanol–water partition coefficient (Wildman–Crippen LogP) is 0.317. The van der Waals surface area contributed by atoms with Gasteiger partial charge in [0.25, 0.3) is 0 Å². The van der Waals surface area contributed by atoms with Crippen LogP contribution in [0.1, 0.15) is 13.8 Å². The Morgan fingerprint density at radius 3 is 2.77 bits per heavy atom. The van der Waals surface area contributed by atoms with Crippen molar-refractivity contribution in [3.8, 4) is 0 Å². The van der Waals surface area contributed by atoms with Crippen LogP contribution in [0.3, 0.4) is 0 Å². The predicted molar refractivity (Wildman–Crippen MR) is 52.8 cm³/mol. The van der Waals surface area contributed by atoms with Crippen LogP contribution in [-0.2, 0) is 4.74 Å². The van der Waals surface area contributed by atoms with Crippen LogP contribution in [0.4, 0.5) is 0 Å². The van der Waals surface area contributed by atoms with Gasteiger partial charge in [-0.05, 0) is 5.92 Å². The van der Waals surface area contributed by atoms with Gasteiger partial charge < -0.3 is 10.1 Å². The fourth-order valence-electron chi connectivity index (χ4n) is 2.32. The maximum Gasteiger partial charge on any atom is 0.106 e. The van der Waals surface area contributed by atoms with Gasteiger partial charge in [-0.25, -0.2) is 0 Å². The summed E-state index contributed by atoms with van der Waals surface area (Å²) in [6.45, 7) is 10.9. The molecule has 3 heteroatoms. The van der Waals surface area contributed by atoms with Crippen LogP contribution in [0.2, 0.25) is 0 Å². The van der Waals surface area contributed by atoms with E-state index >= 15 is 0 Å². The van der Waals surface area contributed by atoms with Gasteiger partial charge in [-0.2, -0.15) is 0 Å². The van der Waals surface area contributed by atoms with Crippen LogP contribution >= 0.6 is 0 Å². The molecule has 13 heavy (non-hydrogen) atoms. The Labute approximate surface area is 80.4 Å². The fourth-order valence-corrected chi connectivity index (χ4v) is 2.32. The molecule has 0 aromatic carbocycles. The lowest BCUT2D eigenvalue weighted by molar-refractivity contribution is -0.157. The molecule has 0 aliphatic carbocycles. The third kappa shape index (κ3) is 2.03. The number of morpholine rings is 1. The average Bonchev–Trinajstić information content (AvgIpc) is 2.02. The molecule has 0 radical (unpaired) electrons. The summed E-state index contributed by atoms with van der Waals surface area (Å²) in [5.74, 6) is 0.772. The molecule has 1 N–H and O–H groups in total. The first kappa shape index (κ1) is 9.44. The molecule has 2 saturated heterocycles. The highest BCUT2D eigenvalue weighted by Gasteiger charge is 2.44. The highest BCUT2D eigenvalue weighted by Crippen LogP contribution is 2.26. The van der Waals surface area contributed by atoms with Crippen molar-refractivity contribution >= 4 is 0 Å². The first-order valence-corrected chi connectivity index (χ1v) is 5.27. The van der Waals surface area contributed by atoms with Gasteiger partial charge in [-0.3, -0.25) is 4.90 Å². The second-order valence-electron chi connectivity index (χ2n) is 4.77. The molecular formula is C10H20N2O. The summed E-state index contributed by atoms with van der Waals surface area (Å²) < 4.78 is 5.81. The van der Waals surface area contributed by atoms with Crippen molar-refractivity contribution in [3.05, 3.63) is 0 Å². The van der Waals surface area contributed by atoms with Crippen LogP contribution in [0.15, 0.2) is 0 Å². The molecule has 0 aromatic rings. The number of nitrogens with one attached hydrogen (secondary N) is 1. The summed E-state index contributed by atoms with van der Waals surface area (Å²) >= 11 is 0. The highest BCUT2D eigenvalue weighted by molar-refractivity contribution is 5.00. The van der Waals surface area contributed by atoms with Crippen molar-refractivity contribution in [2.75, 3.05) is 39.3 Å². The van der Waals surface area contributed by atoms with Crippen LogP contribution in [0.5, 0.6) is 0 Å². The molecule has 0 saturated carbocycles. The van der Waals surface area contributed by atoms with Gasteiger partial charge in [0.2, 0.25) is 0 Å². The van der Waals surface area contributed by atoms with Gasteiger partial charge in [0.15, 0.2) is 0 Å². The van der Waals surface area contributed by atoms with E-state index in [1.54, 1.807) is 0 Å². The van der Waals surface area contributed by atoms with Gasteiger partial charge >= 0.3 is 0 Å². The van der Waals surface area contributed by atoms with Crippen LogP contribution < -0.4 is 5.32 Å². The van der Waals surface area contributed by atoms with Crippen molar-refractivity contribution in [2.24, 2.45) is 5.92 Å². The lowest BCUT2D eigenvalue weighted by atomic mass is 9.91. The van der Waals surface area contributed by atoms with Gasteiger partial charge in [-0.15, -0.1) is 0 Å². The lowest BCUT2D eigenvalue weighted by Crippen LogP contribution is -2.69. The molecule has 2 heterocycles. The maximum atomic E-state index is 5.81. The third-order valence-electron chi connectivity index (χ3n) is 2.78. The van der Waals surface area contributed by atoms with Crippen molar-refractivity contribution < 1.29 is 4.74 Å². The molecule has 0 atom stereocenters. The Kier molecular flexibility index (Phi) is 2.58. The molecule has 2 fully saturated rings. The van der Waals surface area contributed by atoms with Crippen LogP contribution in [-0.4, -0.2) is 49.8 Å². The molecular weight excluding hydrogens is 164 g/mol. The SMILES string of the molecule is CC(C)CN1CC2(CNCCO2)C1. The summed E-state index contributed by atoms with van der Waals surface area (Å²) in [7, 11) is 0. The lowest BCUT2D eigenvalue weighted by Gasteiger charge is -2.52. The quantitative estimate of drug-likeness (QED) is 0.669. The molecule has 0 amide bonds. The Bertz CT molecular complexity index is 168. The summed E-state index contributed by atoms with van der Waals surface area (Å²) in [5, 5.41) is 3.40. The average molecular weight is 184 g/mol. The van der Waals surface area contributed by atoms with Crippen molar-refractivity contribution in [1.82, 2.24) is 10.2 Å². The van der Waals surface area contributed by atoms with Crippen molar-refractivity contribution in [1.29, 1.82) is 0 Å².